The van der Waals surface area contributed by atoms with Crippen molar-refractivity contribution in [2.45, 2.75) is 32.4 Å². The molecule has 16 heavy (non-hydrogen) atoms. The number of nitrogens with zero attached hydrogens (tertiary/aromatic N) is 3. The molecule has 1 rings (SSSR count). The van der Waals surface area contributed by atoms with Crippen molar-refractivity contribution in [2.24, 2.45) is 7.05 Å². The second-order valence-electron chi connectivity index (χ2n) is 4.22. The maximum absolute atomic E-state index is 10.5. The zero-order valence-corrected chi connectivity index (χ0v) is 10.1. The molecular weight excluding hydrogens is 206 g/mol. The van der Waals surface area contributed by atoms with Crippen molar-refractivity contribution in [1.82, 2.24) is 14.7 Å². The summed E-state index contributed by atoms with van der Waals surface area (Å²) in [6.45, 7) is 2.84. The third-order valence-electron chi connectivity index (χ3n) is 2.72. The Morgan fingerprint density at radius 1 is 1.69 bits per heavy atom. The summed E-state index contributed by atoms with van der Waals surface area (Å²) >= 11 is 0. The number of carboxylic acids is 1. The number of aromatic nitrogens is 2. The van der Waals surface area contributed by atoms with Gasteiger partial charge in [0.25, 0.3) is 0 Å². The Morgan fingerprint density at radius 2 is 2.38 bits per heavy atom. The Balaban J connectivity index is 2.39. The van der Waals surface area contributed by atoms with Gasteiger partial charge < -0.3 is 5.11 Å². The third-order valence-corrected chi connectivity index (χ3v) is 2.72. The van der Waals surface area contributed by atoms with E-state index in [4.69, 9.17) is 5.11 Å². The molecule has 0 aliphatic heterocycles. The molecule has 90 valence electrons. The van der Waals surface area contributed by atoms with Gasteiger partial charge in [-0.15, -0.1) is 0 Å². The van der Waals surface area contributed by atoms with Crippen LogP contribution in [0.3, 0.4) is 0 Å². The van der Waals surface area contributed by atoms with E-state index >= 15 is 0 Å². The number of hydrogen-bond acceptors (Lipinski definition) is 3. The van der Waals surface area contributed by atoms with Crippen LogP contribution in [0.4, 0.5) is 0 Å². The number of hydrogen-bond donors (Lipinski definition) is 1. The summed E-state index contributed by atoms with van der Waals surface area (Å²) in [5.41, 5.74) is 1.15. The fourth-order valence-corrected chi connectivity index (χ4v) is 1.55. The molecule has 0 spiro atoms. The van der Waals surface area contributed by atoms with Gasteiger partial charge in [0.2, 0.25) is 0 Å². The molecule has 0 saturated carbocycles. The quantitative estimate of drug-likeness (QED) is 0.787. The second kappa shape index (κ2) is 5.65. The Hall–Kier alpha value is -1.36. The monoisotopic (exact) mass is 225 g/mol. The van der Waals surface area contributed by atoms with Crippen LogP contribution in [0.15, 0.2) is 12.4 Å². The van der Waals surface area contributed by atoms with E-state index in [2.05, 4.69) is 10.00 Å². The van der Waals surface area contributed by atoms with Crippen molar-refractivity contribution >= 4 is 5.97 Å². The first-order chi connectivity index (χ1) is 7.49. The molecule has 5 nitrogen and oxygen atoms in total. The standard InChI is InChI=1S/C11H19N3O2/c1-9(4-5-11(15)16)13(2)7-10-6-12-14(3)8-10/h6,8-9H,4-5,7H2,1-3H3,(H,15,16). The van der Waals surface area contributed by atoms with Gasteiger partial charge in [-0.05, 0) is 20.4 Å². The first-order valence-electron chi connectivity index (χ1n) is 5.38. The molecule has 0 amide bonds. The minimum Gasteiger partial charge on any atom is -0.481 e. The van der Waals surface area contributed by atoms with Gasteiger partial charge in [-0.1, -0.05) is 0 Å². The first kappa shape index (κ1) is 12.7. The number of carboxylic acid groups (broad SMARTS) is 1. The fourth-order valence-electron chi connectivity index (χ4n) is 1.55. The van der Waals surface area contributed by atoms with E-state index in [-0.39, 0.29) is 12.5 Å². The largest absolute Gasteiger partial charge is 0.481 e. The van der Waals surface area contributed by atoms with Crippen LogP contribution < -0.4 is 0 Å². The molecule has 5 heteroatoms. The first-order valence-corrected chi connectivity index (χ1v) is 5.38. The Bertz CT molecular complexity index is 349. The molecule has 0 aliphatic carbocycles. The lowest BCUT2D eigenvalue weighted by Gasteiger charge is -2.23. The molecule has 0 bridgehead atoms. The summed E-state index contributed by atoms with van der Waals surface area (Å²) in [4.78, 5) is 12.6. The molecule has 0 fully saturated rings. The highest BCUT2D eigenvalue weighted by Gasteiger charge is 2.11. The molecule has 1 atom stereocenters. The van der Waals surface area contributed by atoms with Crippen molar-refractivity contribution in [3.05, 3.63) is 18.0 Å². The van der Waals surface area contributed by atoms with E-state index in [1.165, 1.54) is 0 Å². The van der Waals surface area contributed by atoms with E-state index in [1.54, 1.807) is 4.68 Å². The predicted molar refractivity (Wildman–Crippen MR) is 61.0 cm³/mol. The summed E-state index contributed by atoms with van der Waals surface area (Å²) < 4.78 is 1.77. The molecule has 0 saturated heterocycles. The highest BCUT2D eigenvalue weighted by molar-refractivity contribution is 5.66. The van der Waals surface area contributed by atoms with Crippen molar-refractivity contribution < 1.29 is 9.90 Å². The number of aryl methyl sites for hydroxylation is 1. The van der Waals surface area contributed by atoms with Crippen LogP contribution in [0.5, 0.6) is 0 Å². The zero-order valence-electron chi connectivity index (χ0n) is 10.1. The summed E-state index contributed by atoms with van der Waals surface area (Å²) in [7, 11) is 3.89. The normalized spacial score (nSPS) is 13.0. The number of rotatable bonds is 6. The van der Waals surface area contributed by atoms with Crippen LogP contribution in [-0.4, -0.2) is 38.8 Å². The SMILES string of the molecule is CC(CCC(=O)O)N(C)Cc1cnn(C)c1. The van der Waals surface area contributed by atoms with Gasteiger partial charge in [-0.2, -0.15) is 5.10 Å². The Labute approximate surface area is 95.7 Å². The van der Waals surface area contributed by atoms with E-state index in [0.717, 1.165) is 12.1 Å². The van der Waals surface area contributed by atoms with Gasteiger partial charge in [-0.25, -0.2) is 0 Å². The summed E-state index contributed by atoms with van der Waals surface area (Å²) in [5.74, 6) is -0.735. The van der Waals surface area contributed by atoms with Crippen LogP contribution in [0.1, 0.15) is 25.3 Å². The van der Waals surface area contributed by atoms with Crippen LogP contribution in [0.2, 0.25) is 0 Å². The second-order valence-corrected chi connectivity index (χ2v) is 4.22. The average molecular weight is 225 g/mol. The minimum atomic E-state index is -0.735. The smallest absolute Gasteiger partial charge is 0.303 e. The number of carbonyl (C=O) groups is 1. The summed E-state index contributed by atoms with van der Waals surface area (Å²) in [5, 5.41) is 12.7. The third kappa shape index (κ3) is 4.02. The minimum absolute atomic E-state index is 0.221. The van der Waals surface area contributed by atoms with Crippen LogP contribution in [-0.2, 0) is 18.4 Å². The van der Waals surface area contributed by atoms with E-state index < -0.39 is 5.97 Å². The van der Waals surface area contributed by atoms with Crippen molar-refractivity contribution in [2.75, 3.05) is 7.05 Å². The van der Waals surface area contributed by atoms with Gasteiger partial charge in [0.1, 0.15) is 0 Å². The Kier molecular flexibility index (Phi) is 4.49. The van der Waals surface area contributed by atoms with Gasteiger partial charge in [0.15, 0.2) is 0 Å². The fraction of sp³-hybridized carbons (Fsp3) is 0.636. The average Bonchev–Trinajstić information content (AvgIpc) is 2.60. The maximum Gasteiger partial charge on any atom is 0.303 e. The molecule has 1 aromatic heterocycles. The Morgan fingerprint density at radius 3 is 2.88 bits per heavy atom. The molecular formula is C11H19N3O2. The van der Waals surface area contributed by atoms with Gasteiger partial charge in [-0.3, -0.25) is 14.4 Å². The van der Waals surface area contributed by atoms with E-state index in [0.29, 0.717) is 6.42 Å². The molecule has 1 aromatic rings. The summed E-state index contributed by atoms with van der Waals surface area (Å²) in [6, 6.07) is 0.260. The van der Waals surface area contributed by atoms with E-state index in [1.807, 2.05) is 33.4 Å². The maximum atomic E-state index is 10.5. The predicted octanol–water partition coefficient (Wildman–Crippen LogP) is 1.11. The van der Waals surface area contributed by atoms with Crippen molar-refractivity contribution in [3.63, 3.8) is 0 Å². The molecule has 0 radical (unpaired) electrons. The van der Waals surface area contributed by atoms with Crippen LogP contribution >= 0.6 is 0 Å². The van der Waals surface area contributed by atoms with E-state index in [9.17, 15) is 4.79 Å². The van der Waals surface area contributed by atoms with Crippen LogP contribution in [0.25, 0.3) is 0 Å². The topological polar surface area (TPSA) is 58.4 Å². The molecule has 0 aliphatic rings. The summed E-state index contributed by atoms with van der Waals surface area (Å²) in [6.07, 6.45) is 4.70. The van der Waals surface area contributed by atoms with Gasteiger partial charge in [0, 0.05) is 37.8 Å². The zero-order chi connectivity index (χ0) is 12.1. The molecule has 1 N–H and O–H groups in total. The molecule has 1 unspecified atom stereocenters. The van der Waals surface area contributed by atoms with Gasteiger partial charge >= 0.3 is 5.97 Å². The van der Waals surface area contributed by atoms with Gasteiger partial charge in [0.05, 0.1) is 6.20 Å². The highest BCUT2D eigenvalue weighted by atomic mass is 16.4. The van der Waals surface area contributed by atoms with Crippen molar-refractivity contribution in [1.29, 1.82) is 0 Å². The lowest BCUT2D eigenvalue weighted by atomic mass is 10.1. The lowest BCUT2D eigenvalue weighted by Crippen LogP contribution is -2.28. The highest BCUT2D eigenvalue weighted by Crippen LogP contribution is 2.09. The molecule has 0 aromatic carbocycles. The van der Waals surface area contributed by atoms with Crippen LogP contribution in [0, 0.1) is 0 Å². The number of aliphatic carboxylic acids is 1. The lowest BCUT2D eigenvalue weighted by molar-refractivity contribution is -0.137. The van der Waals surface area contributed by atoms with Crippen molar-refractivity contribution in [3.8, 4) is 0 Å². The molecule has 1 heterocycles.